The number of aliphatic carboxylic acids is 1. The van der Waals surface area contributed by atoms with Gasteiger partial charge in [0.25, 0.3) is 28.9 Å². The van der Waals surface area contributed by atoms with E-state index < -0.39 is 48.1 Å². The molecule has 23 nitrogen and oxygen atoms in total. The predicted octanol–water partition coefficient (Wildman–Crippen LogP) is 24.0. The van der Waals surface area contributed by atoms with E-state index in [9.17, 15) is 57.8 Å². The molecular weight excluding hydrogens is 2110 g/mol. The number of carboxylic acid groups (broad SMARTS) is 1. The summed E-state index contributed by atoms with van der Waals surface area (Å²) >= 11 is 6.80. The Morgan fingerprint density at radius 1 is 0.416 bits per heavy atom. The molecule has 0 aromatic heterocycles. The Balaban J connectivity index is 0.000000301. The maximum absolute atomic E-state index is 12.9. The van der Waals surface area contributed by atoms with E-state index in [-0.39, 0.29) is 100 Å². The number of nitrogens with one attached hydrogen (secondary N) is 2. The number of carbonyl (C=O) groups is 11. The first-order valence-electron chi connectivity index (χ1n) is 49.4. The van der Waals surface area contributed by atoms with Gasteiger partial charge in [-0.1, -0.05) is 281 Å². The molecular formula is C117H144AlBrCl6N6O17S. The van der Waals surface area contributed by atoms with E-state index in [1.54, 1.807) is 77.1 Å². The molecule has 149 heavy (non-hydrogen) atoms. The van der Waals surface area contributed by atoms with Gasteiger partial charge in [-0.2, -0.15) is 0 Å². The number of hydrogen-bond donors (Lipinski definition) is 4. The molecule has 18 rings (SSSR count). The summed E-state index contributed by atoms with van der Waals surface area (Å²) in [6.07, 6.45) is 13.2. The van der Waals surface area contributed by atoms with Crippen LogP contribution in [0.3, 0.4) is 0 Å². The number of rotatable bonds is 17. The number of ketones is 2. The highest BCUT2D eigenvalue weighted by molar-refractivity contribution is 9.08. The van der Waals surface area contributed by atoms with Crippen LogP contribution in [0, 0.1) is 33.5 Å². The quantitative estimate of drug-likeness (QED) is 0.0216. The highest BCUT2D eigenvalue weighted by atomic mass is 79.9. The molecule has 10 aromatic rings. The van der Waals surface area contributed by atoms with Gasteiger partial charge in [-0.3, -0.25) is 52.7 Å². The zero-order valence-corrected chi connectivity index (χ0v) is 91.2. The molecule has 802 valence electrons. The van der Waals surface area contributed by atoms with Crippen LogP contribution in [0.25, 0.3) is 0 Å². The number of nitrogens with zero attached hydrogens (tertiary/aromatic N) is 4. The second kappa shape index (κ2) is 69.3. The minimum absolute atomic E-state index is 0. The standard InChI is InChI=1S/C22H25NO3.C20H21NO3.C20H19NO2.C15H19NO3.C13H15NO.C8H15NO2.C7H7Br.C7H5ClO.C2H6O.3CH4.Al.Cl2OS.3ClH/c1-2-26-21(25)22(16-18-10-5-3-6-11-18)14-9-15-23(17-22)20(24)19-12-7-4-8-13-19;22-18(17-10-5-2-6-11-17)21-13-7-12-20(15-21,19(23)24)14-16-8-3-1-4-9-16;22-18-17-10-5-4-9-16(17)13-20(18)11-6-12-21(14-20)19(23)15-7-2-1-3-8-15;1-2-19-15(18)13-9-6-10-16(11-13)14(17)12-7-4-3-5-8-12;15-12-11-5-2-1-4-10(11)8-13(12)6-3-7-14-9-13;1-2-11-8(10)7-4-3-5-9-6-7;8-6-7-4-2-1-3-5-7;8-7(9)6-4-2-1-3-5-6;1-2-3;;;;;1-4(2)3;;;/h3-8,10-13H,2,9,14-17H2,1H3;1-6,8-11H,7,12-15H2,(H,23,24);1-5,7-10H,6,11-14H2;3-5,7-8,13H,2,6,9-11H2,1H3;1-2,4-5,14H,3,6-9H2;7,9H,2-6H2,1H3;1-5H,6H2;1-5H;3H,2H2,1H3;3*1H4;;;3*1H/q;;;;;;;;;;;;+3;;;;/p-3. The monoisotopic (exact) mass is 2250 g/mol. The van der Waals surface area contributed by atoms with Gasteiger partial charge >= 0.3 is 35.3 Å². The van der Waals surface area contributed by atoms with Gasteiger partial charge in [-0.05, 0) is 231 Å². The van der Waals surface area contributed by atoms with Gasteiger partial charge in [0.2, 0.25) is 9.23 Å². The number of ether oxygens (including phenoxy) is 3. The van der Waals surface area contributed by atoms with Crippen molar-refractivity contribution in [3.63, 3.8) is 0 Å². The van der Waals surface area contributed by atoms with Crippen molar-refractivity contribution in [1.29, 1.82) is 0 Å². The Morgan fingerprint density at radius 2 is 0.738 bits per heavy atom. The normalized spacial score (nSPS) is 19.1. The number of carboxylic acids is 1. The van der Waals surface area contributed by atoms with Crippen molar-refractivity contribution in [3.05, 3.63) is 358 Å². The van der Waals surface area contributed by atoms with Crippen LogP contribution < -0.4 is 10.6 Å². The second-order valence-electron chi connectivity index (χ2n) is 36.2. The molecule has 6 fully saturated rings. The van der Waals surface area contributed by atoms with E-state index in [4.69, 9.17) is 65.3 Å². The number of alkyl halides is 1. The summed E-state index contributed by atoms with van der Waals surface area (Å²) in [6.45, 7) is 16.8. The lowest BCUT2D eigenvalue weighted by Crippen LogP contribution is -2.51. The number of fused-ring (bicyclic) bond motifs is 2. The number of carbonyl (C=O) groups excluding carboxylic acids is 10. The number of halogens is 7. The minimum Gasteiger partial charge on any atom is -0.481 e. The SMILES string of the molecule is BrCc1ccccc1.C.C.C.CCO.CCOC(=O)C1(Cc2ccccc2)CCCN(C(=O)c2ccccc2)C1.CCOC(=O)C1CCCN(C(=O)c2ccccc2)C1.CCOC(=O)C1CCCNC1.O=C(Cl)c1ccccc1.O=C(c1ccccc1)N1CCCC(Cc2ccccc2)(C(=O)O)C1.O=C(c1ccccc1)N1CCCC2(Cc3ccccc3C2=O)C1.O=C1c2ccccc2CC12CCCNC2.O=S(Cl)Cl.[Cl][Al]([Cl])[Cl]. The van der Waals surface area contributed by atoms with Crippen molar-refractivity contribution >= 4 is 164 Å². The predicted molar refractivity (Wildman–Crippen MR) is 606 cm³/mol. The first-order chi connectivity index (χ1) is 70.4. The zero-order valence-electron chi connectivity index (χ0n) is 83.1. The molecule has 8 aliphatic rings. The number of aliphatic hydroxyl groups excluding tert-OH is 1. The van der Waals surface area contributed by atoms with Crippen molar-refractivity contribution in [2.75, 3.05) is 105 Å². The average molecular weight is 2260 g/mol. The Bertz CT molecular complexity index is 5730. The van der Waals surface area contributed by atoms with Crippen molar-refractivity contribution in [1.82, 2.24) is 30.2 Å². The molecule has 0 bridgehead atoms. The van der Waals surface area contributed by atoms with E-state index in [1.165, 1.54) is 11.1 Å². The number of esters is 3. The summed E-state index contributed by atoms with van der Waals surface area (Å²) < 4.78 is 24.4. The van der Waals surface area contributed by atoms with Gasteiger partial charge in [-0.25, -0.2) is 34.4 Å². The molecule has 10 aromatic carbocycles. The maximum Gasteiger partial charge on any atom is 0.643 e. The highest BCUT2D eigenvalue weighted by Crippen LogP contribution is 2.45. The highest BCUT2D eigenvalue weighted by Gasteiger charge is 2.50. The first kappa shape index (κ1) is 129. The lowest BCUT2D eigenvalue weighted by atomic mass is 9.75. The largest absolute Gasteiger partial charge is 0.643 e. The minimum atomic E-state index is -1.72. The lowest BCUT2D eigenvalue weighted by molar-refractivity contribution is -0.158. The molecule has 0 radical (unpaired) electrons. The van der Waals surface area contributed by atoms with Gasteiger partial charge < -0.3 is 54.7 Å². The molecule has 4 amide bonds. The van der Waals surface area contributed by atoms with Crippen LogP contribution in [0.4, 0.5) is 0 Å². The summed E-state index contributed by atoms with van der Waals surface area (Å²) in [5.74, 6) is -0.822. The van der Waals surface area contributed by atoms with Gasteiger partial charge in [0.05, 0.1) is 53.3 Å². The summed E-state index contributed by atoms with van der Waals surface area (Å²) in [4.78, 5) is 141. The molecule has 4 N–H and O–H groups in total. The van der Waals surface area contributed by atoms with Crippen LogP contribution in [-0.2, 0) is 73.6 Å². The third-order valence-electron chi connectivity index (χ3n) is 25.9. The van der Waals surface area contributed by atoms with Crippen molar-refractivity contribution in [2.45, 2.75) is 158 Å². The van der Waals surface area contributed by atoms with Crippen LogP contribution in [0.2, 0.25) is 0 Å². The maximum atomic E-state index is 12.9. The Hall–Kier alpha value is -10.2. The van der Waals surface area contributed by atoms with Crippen LogP contribution in [0.1, 0.15) is 227 Å². The summed E-state index contributed by atoms with van der Waals surface area (Å²) in [7, 11) is 22.2. The number of aliphatic hydroxyl groups is 1. The Labute approximate surface area is 922 Å². The number of amides is 4. The summed E-state index contributed by atoms with van der Waals surface area (Å²) in [5, 5.41) is 24.5. The fourth-order valence-corrected chi connectivity index (χ4v) is 19.5. The molecule has 0 saturated carbocycles. The summed E-state index contributed by atoms with van der Waals surface area (Å²) in [5.41, 5.74) is 8.67. The number of benzene rings is 10. The molecule has 2 aliphatic carbocycles. The fraction of sp³-hybridized carbons (Fsp3) is 0.393. The van der Waals surface area contributed by atoms with E-state index in [2.05, 4.69) is 66.1 Å². The molecule has 6 aliphatic heterocycles. The van der Waals surface area contributed by atoms with Gasteiger partial charge in [0.1, 0.15) is 0 Å². The van der Waals surface area contributed by atoms with Crippen molar-refractivity contribution in [3.8, 4) is 0 Å². The number of hydrogen-bond acceptors (Lipinski definition) is 18. The van der Waals surface area contributed by atoms with Gasteiger partial charge in [0, 0.05) is 138 Å². The molecule has 6 saturated heterocycles. The van der Waals surface area contributed by atoms with E-state index in [0.29, 0.717) is 118 Å². The topological polar surface area (TPSA) is 310 Å². The molecule has 6 heterocycles. The fourth-order valence-electron chi connectivity index (χ4n) is 19.0. The third-order valence-corrected chi connectivity index (χ3v) is 26.7. The number of Topliss-reactive ketones (excluding diaryl/α,β-unsaturated/α-hetero) is 2. The van der Waals surface area contributed by atoms with Crippen LogP contribution in [0.5, 0.6) is 0 Å². The molecule has 32 heteroatoms. The van der Waals surface area contributed by atoms with E-state index >= 15 is 0 Å². The van der Waals surface area contributed by atoms with Crippen LogP contribution in [0.15, 0.2) is 291 Å². The van der Waals surface area contributed by atoms with Gasteiger partial charge in [0.15, 0.2) is 11.6 Å². The second-order valence-corrected chi connectivity index (χ2v) is 46.0. The average Bonchev–Trinajstić information content (AvgIpc) is 1.59. The summed E-state index contributed by atoms with van der Waals surface area (Å²) in [6, 6.07) is 91.4. The molecule has 2 spiro atoms. The molecule has 6 atom stereocenters. The van der Waals surface area contributed by atoms with E-state index in [0.717, 1.165) is 143 Å². The smallest absolute Gasteiger partial charge is 0.481 e. The van der Waals surface area contributed by atoms with Crippen molar-refractivity contribution < 1.29 is 81.4 Å². The Morgan fingerprint density at radius 3 is 1.11 bits per heavy atom. The van der Waals surface area contributed by atoms with Gasteiger partial charge in [-0.15, -0.1) is 0 Å². The third kappa shape index (κ3) is 41.7. The Kier molecular flexibility index (Phi) is 60.1. The van der Waals surface area contributed by atoms with Crippen molar-refractivity contribution in [2.24, 2.45) is 33.5 Å². The van der Waals surface area contributed by atoms with E-state index in [1.807, 2.05) is 243 Å². The first-order valence-corrected chi connectivity index (χ1v) is 59.0. The van der Waals surface area contributed by atoms with Crippen LogP contribution >= 0.6 is 79.0 Å². The lowest BCUT2D eigenvalue weighted by Gasteiger charge is -2.41. The zero-order chi connectivity index (χ0) is 106. The van der Waals surface area contributed by atoms with Crippen LogP contribution in [-0.4, -0.2) is 215 Å². The molecule has 6 unspecified atom stereocenters. The number of piperidine rings is 6. The number of likely N-dealkylation sites (tertiary alicyclic amines) is 4.